The molecule has 1 fully saturated rings. The Bertz CT molecular complexity index is 333. The van der Waals surface area contributed by atoms with E-state index in [9.17, 15) is 4.79 Å². The number of nitrogens with two attached hydrogens (primary N) is 1. The second-order valence-electron chi connectivity index (χ2n) is 2.92. The van der Waals surface area contributed by atoms with Gasteiger partial charge in [0.25, 0.3) is 5.91 Å². The molecule has 1 amide bonds. The number of aromatic nitrogens is 1. The minimum absolute atomic E-state index is 0.168. The molecule has 14 heavy (non-hydrogen) atoms. The molecule has 0 saturated carbocycles. The monoisotopic (exact) mass is 213 g/mol. The van der Waals surface area contributed by atoms with Gasteiger partial charge < -0.3 is 5.73 Å². The highest BCUT2D eigenvalue weighted by molar-refractivity contribution is 7.09. The Labute approximate surface area is 85.4 Å². The number of hydroxylamine groups is 2. The maximum Gasteiger partial charge on any atom is 0.296 e. The third-order valence-corrected chi connectivity index (χ3v) is 2.80. The molecule has 2 heterocycles. The maximum absolute atomic E-state index is 11.7. The van der Waals surface area contributed by atoms with Crippen molar-refractivity contribution in [1.29, 1.82) is 0 Å². The van der Waals surface area contributed by atoms with Crippen molar-refractivity contribution in [3.8, 4) is 0 Å². The first-order valence-electron chi connectivity index (χ1n) is 4.40. The van der Waals surface area contributed by atoms with Crippen LogP contribution in [-0.2, 0) is 11.4 Å². The van der Waals surface area contributed by atoms with E-state index in [1.807, 2.05) is 0 Å². The normalized spacial score (nSPS) is 16.2. The second kappa shape index (κ2) is 4.04. The van der Waals surface area contributed by atoms with Crippen molar-refractivity contribution in [2.75, 3.05) is 13.2 Å². The van der Waals surface area contributed by atoms with Gasteiger partial charge in [0, 0.05) is 11.9 Å². The van der Waals surface area contributed by atoms with Gasteiger partial charge in [-0.15, -0.1) is 11.3 Å². The summed E-state index contributed by atoms with van der Waals surface area (Å²) in [6.07, 6.45) is 0.889. The quantitative estimate of drug-likeness (QED) is 0.771. The summed E-state index contributed by atoms with van der Waals surface area (Å²) in [5.41, 5.74) is 5.84. The summed E-state index contributed by atoms with van der Waals surface area (Å²) in [6, 6.07) is 0. The second-order valence-corrected chi connectivity index (χ2v) is 3.87. The minimum Gasteiger partial charge on any atom is -0.325 e. The van der Waals surface area contributed by atoms with E-state index < -0.39 is 0 Å². The molecule has 0 aliphatic carbocycles. The van der Waals surface area contributed by atoms with Crippen LogP contribution in [0, 0.1) is 0 Å². The van der Waals surface area contributed by atoms with E-state index in [0.717, 1.165) is 11.4 Å². The third-order valence-electron chi connectivity index (χ3n) is 1.92. The van der Waals surface area contributed by atoms with Gasteiger partial charge in [-0.3, -0.25) is 9.63 Å². The highest BCUT2D eigenvalue weighted by Crippen LogP contribution is 2.14. The Kier molecular flexibility index (Phi) is 2.76. The summed E-state index contributed by atoms with van der Waals surface area (Å²) < 4.78 is 0. The zero-order valence-corrected chi connectivity index (χ0v) is 8.42. The van der Waals surface area contributed by atoms with Gasteiger partial charge >= 0.3 is 0 Å². The van der Waals surface area contributed by atoms with E-state index in [2.05, 4.69) is 4.98 Å². The fourth-order valence-corrected chi connectivity index (χ4v) is 1.89. The summed E-state index contributed by atoms with van der Waals surface area (Å²) in [7, 11) is 0. The summed E-state index contributed by atoms with van der Waals surface area (Å²) in [5, 5.41) is 3.84. The fraction of sp³-hybridized carbons (Fsp3) is 0.500. The van der Waals surface area contributed by atoms with E-state index in [4.69, 9.17) is 10.6 Å². The Morgan fingerprint density at radius 3 is 3.21 bits per heavy atom. The number of carbonyl (C=O) groups excluding carboxylic acids is 1. The van der Waals surface area contributed by atoms with Crippen LogP contribution in [0.2, 0.25) is 0 Å². The van der Waals surface area contributed by atoms with Crippen LogP contribution >= 0.6 is 11.3 Å². The van der Waals surface area contributed by atoms with Crippen LogP contribution in [0.5, 0.6) is 0 Å². The number of carbonyl (C=O) groups is 1. The highest BCUT2D eigenvalue weighted by atomic mass is 32.1. The van der Waals surface area contributed by atoms with Crippen molar-refractivity contribution >= 4 is 17.2 Å². The molecule has 0 atom stereocenters. The van der Waals surface area contributed by atoms with Gasteiger partial charge in [-0.1, -0.05) is 0 Å². The minimum atomic E-state index is -0.168. The third kappa shape index (κ3) is 1.77. The van der Waals surface area contributed by atoms with Crippen molar-refractivity contribution in [3.63, 3.8) is 0 Å². The van der Waals surface area contributed by atoms with Gasteiger partial charge in [-0.2, -0.15) is 0 Å². The number of hydrogen-bond donors (Lipinski definition) is 1. The topological polar surface area (TPSA) is 68.5 Å². The number of thiazole rings is 1. The van der Waals surface area contributed by atoms with Crippen LogP contribution in [0.15, 0.2) is 5.38 Å². The lowest BCUT2D eigenvalue weighted by atomic mass is 10.4. The highest BCUT2D eigenvalue weighted by Gasteiger charge is 2.22. The molecule has 1 aromatic rings. The summed E-state index contributed by atoms with van der Waals surface area (Å²) in [4.78, 5) is 20.9. The molecule has 5 nitrogen and oxygen atoms in total. The predicted octanol–water partition coefficient (Wildman–Crippen LogP) is 0.379. The lowest BCUT2D eigenvalue weighted by Gasteiger charge is -2.11. The zero-order valence-electron chi connectivity index (χ0n) is 7.60. The Morgan fingerprint density at radius 1 is 1.79 bits per heavy atom. The van der Waals surface area contributed by atoms with Crippen LogP contribution in [-0.4, -0.2) is 29.1 Å². The summed E-state index contributed by atoms with van der Waals surface area (Å²) in [6.45, 7) is 1.63. The van der Waals surface area contributed by atoms with E-state index >= 15 is 0 Å². The molecule has 1 aliphatic rings. The molecule has 0 aromatic carbocycles. The summed E-state index contributed by atoms with van der Waals surface area (Å²) in [5.74, 6) is -0.168. The smallest absolute Gasteiger partial charge is 0.296 e. The molecule has 2 N–H and O–H groups in total. The van der Waals surface area contributed by atoms with Gasteiger partial charge in [-0.05, 0) is 6.42 Å². The molecule has 2 rings (SSSR count). The Balaban J connectivity index is 2.09. The number of amides is 1. The van der Waals surface area contributed by atoms with E-state index in [-0.39, 0.29) is 5.91 Å². The largest absolute Gasteiger partial charge is 0.325 e. The van der Waals surface area contributed by atoms with Crippen LogP contribution in [0.25, 0.3) is 0 Å². The van der Waals surface area contributed by atoms with Gasteiger partial charge in [0.1, 0.15) is 10.7 Å². The molecule has 0 spiro atoms. The van der Waals surface area contributed by atoms with Crippen molar-refractivity contribution < 1.29 is 9.63 Å². The van der Waals surface area contributed by atoms with Crippen molar-refractivity contribution in [2.24, 2.45) is 5.73 Å². The summed E-state index contributed by atoms with van der Waals surface area (Å²) >= 11 is 1.40. The molecule has 0 radical (unpaired) electrons. The van der Waals surface area contributed by atoms with Gasteiger partial charge in [-0.25, -0.2) is 10.0 Å². The number of nitrogens with zero attached hydrogens (tertiary/aromatic N) is 2. The number of hydrogen-bond acceptors (Lipinski definition) is 5. The van der Waals surface area contributed by atoms with E-state index in [0.29, 0.717) is 25.4 Å². The molecule has 0 unspecified atom stereocenters. The first-order valence-corrected chi connectivity index (χ1v) is 5.28. The molecule has 1 saturated heterocycles. The fourth-order valence-electron chi connectivity index (χ4n) is 1.24. The molecule has 76 valence electrons. The molecular weight excluding hydrogens is 202 g/mol. The van der Waals surface area contributed by atoms with Crippen molar-refractivity contribution in [2.45, 2.75) is 13.0 Å². The standard InChI is InChI=1S/C8H11N3O2S/c9-4-7-10-6(5-14-7)8(12)11-2-1-3-13-11/h5H,1-4,9H2. The predicted molar refractivity (Wildman–Crippen MR) is 51.6 cm³/mol. The van der Waals surface area contributed by atoms with Gasteiger partial charge in [0.15, 0.2) is 0 Å². The molecular formula is C8H11N3O2S. The Hall–Kier alpha value is -0.980. The Morgan fingerprint density at radius 2 is 2.64 bits per heavy atom. The van der Waals surface area contributed by atoms with Crippen LogP contribution in [0.4, 0.5) is 0 Å². The molecule has 1 aromatic heterocycles. The lowest BCUT2D eigenvalue weighted by Crippen LogP contribution is -2.26. The lowest BCUT2D eigenvalue weighted by molar-refractivity contribution is -0.0771. The number of rotatable bonds is 2. The van der Waals surface area contributed by atoms with Crippen LogP contribution in [0.3, 0.4) is 0 Å². The van der Waals surface area contributed by atoms with Crippen molar-refractivity contribution in [3.05, 3.63) is 16.1 Å². The van der Waals surface area contributed by atoms with E-state index in [1.54, 1.807) is 5.38 Å². The van der Waals surface area contributed by atoms with Crippen molar-refractivity contribution in [1.82, 2.24) is 10.0 Å². The first-order chi connectivity index (χ1) is 6.81. The molecule has 1 aliphatic heterocycles. The van der Waals surface area contributed by atoms with E-state index in [1.165, 1.54) is 16.4 Å². The maximum atomic E-state index is 11.7. The van der Waals surface area contributed by atoms with Crippen LogP contribution < -0.4 is 5.73 Å². The van der Waals surface area contributed by atoms with Gasteiger partial charge in [0.2, 0.25) is 0 Å². The molecule has 6 heteroatoms. The van der Waals surface area contributed by atoms with Gasteiger partial charge in [0.05, 0.1) is 13.2 Å². The first kappa shape index (κ1) is 9.57. The molecule has 0 bridgehead atoms. The SMILES string of the molecule is NCc1nc(C(=O)N2CCCO2)cs1. The zero-order chi connectivity index (χ0) is 9.97. The van der Waals surface area contributed by atoms with Crippen LogP contribution in [0.1, 0.15) is 21.9 Å². The average Bonchev–Trinajstić information content (AvgIpc) is 2.88. The average molecular weight is 213 g/mol.